The number of carbonyl (C=O) groups is 1. The Hall–Kier alpha value is -2.28. The first-order valence-electron chi connectivity index (χ1n) is 9.19. The van der Waals surface area contributed by atoms with Gasteiger partial charge in [0.1, 0.15) is 5.75 Å². The number of hydrogen-bond donors (Lipinski definition) is 1. The highest BCUT2D eigenvalue weighted by atomic mass is 19.4. The maximum atomic E-state index is 14.0. The van der Waals surface area contributed by atoms with Crippen molar-refractivity contribution >= 4 is 16.7 Å². The van der Waals surface area contributed by atoms with Crippen LogP contribution in [0.15, 0.2) is 36.4 Å². The summed E-state index contributed by atoms with van der Waals surface area (Å²) in [6.07, 6.45) is -1.79. The van der Waals surface area contributed by atoms with Gasteiger partial charge in [-0.05, 0) is 11.8 Å². The molecule has 1 atom stereocenters. The van der Waals surface area contributed by atoms with E-state index in [2.05, 4.69) is 12.3 Å². The summed E-state index contributed by atoms with van der Waals surface area (Å²) < 4.78 is 47.8. The molecule has 2 aromatic rings. The number of hydrazine groups is 1. The van der Waals surface area contributed by atoms with Gasteiger partial charge in [0.05, 0.1) is 6.61 Å². The average molecular weight is 380 g/mol. The van der Waals surface area contributed by atoms with Gasteiger partial charge in [-0.25, -0.2) is 5.01 Å². The fourth-order valence-corrected chi connectivity index (χ4v) is 3.37. The van der Waals surface area contributed by atoms with Crippen molar-refractivity contribution in [1.82, 2.24) is 10.4 Å². The van der Waals surface area contributed by atoms with Gasteiger partial charge in [-0.2, -0.15) is 13.2 Å². The molecular formula is C20H23F3N2O2. The normalized spacial score (nSPS) is 16.5. The quantitative estimate of drug-likeness (QED) is 0.705. The molecule has 1 heterocycles. The van der Waals surface area contributed by atoms with Crippen LogP contribution in [0.4, 0.5) is 13.2 Å². The number of fused-ring (bicyclic) bond motifs is 1. The Kier molecular flexibility index (Phi) is 5.89. The summed E-state index contributed by atoms with van der Waals surface area (Å²) in [6, 6.07) is 8.41. The highest BCUT2D eigenvalue weighted by molar-refractivity contribution is 5.90. The fourth-order valence-electron chi connectivity index (χ4n) is 3.37. The van der Waals surface area contributed by atoms with Gasteiger partial charge in [0, 0.05) is 23.9 Å². The predicted octanol–water partition coefficient (Wildman–Crippen LogP) is 4.75. The molecule has 7 heteroatoms. The number of nitrogens with one attached hydrogen (secondary N) is 1. The summed E-state index contributed by atoms with van der Waals surface area (Å²) >= 11 is 0. The molecule has 1 fully saturated rings. The minimum Gasteiger partial charge on any atom is -0.493 e. The number of rotatable bonds is 7. The lowest BCUT2D eigenvalue weighted by atomic mass is 9.99. The van der Waals surface area contributed by atoms with Crippen molar-refractivity contribution in [2.45, 2.75) is 44.8 Å². The van der Waals surface area contributed by atoms with Crippen LogP contribution >= 0.6 is 0 Å². The van der Waals surface area contributed by atoms with Crippen molar-refractivity contribution in [3.63, 3.8) is 0 Å². The standard InChI is InChI=1S/C20H23F3N2O2/c1-2-3-6-13-27-18-15-8-5-4-7-14(15)9-10-16(18)19(20(21,22)23)25-12-11-17(26)24-25/h4-5,7-10,19H,2-3,6,11-13H2,1H3,(H,24,26)/t19-/m0/s1. The number of amides is 1. The van der Waals surface area contributed by atoms with Gasteiger partial charge < -0.3 is 4.74 Å². The third kappa shape index (κ3) is 4.35. The van der Waals surface area contributed by atoms with E-state index in [1.807, 2.05) is 12.1 Å². The Bertz CT molecular complexity index is 807. The van der Waals surface area contributed by atoms with E-state index >= 15 is 0 Å². The Morgan fingerprint density at radius 1 is 1.19 bits per heavy atom. The number of ether oxygens (including phenoxy) is 1. The van der Waals surface area contributed by atoms with Crippen LogP contribution in [-0.4, -0.2) is 30.2 Å². The predicted molar refractivity (Wildman–Crippen MR) is 97.2 cm³/mol. The molecule has 0 radical (unpaired) electrons. The molecular weight excluding hydrogens is 357 g/mol. The van der Waals surface area contributed by atoms with Crippen LogP contribution in [0.3, 0.4) is 0 Å². The summed E-state index contributed by atoms with van der Waals surface area (Å²) in [5.74, 6) is -0.164. The van der Waals surface area contributed by atoms with Crippen molar-refractivity contribution in [1.29, 1.82) is 0 Å². The maximum Gasteiger partial charge on any atom is 0.410 e. The molecule has 1 aliphatic rings. The molecule has 0 unspecified atom stereocenters. The first-order chi connectivity index (χ1) is 12.9. The van der Waals surface area contributed by atoms with Crippen molar-refractivity contribution in [2.75, 3.05) is 13.2 Å². The third-order valence-corrected chi connectivity index (χ3v) is 4.67. The largest absolute Gasteiger partial charge is 0.493 e. The third-order valence-electron chi connectivity index (χ3n) is 4.67. The van der Waals surface area contributed by atoms with E-state index < -0.39 is 18.1 Å². The molecule has 3 rings (SSSR count). The van der Waals surface area contributed by atoms with Crippen LogP contribution in [0.5, 0.6) is 5.75 Å². The summed E-state index contributed by atoms with van der Waals surface area (Å²) in [6.45, 7) is 2.41. The number of alkyl halides is 3. The topological polar surface area (TPSA) is 41.6 Å². The zero-order valence-corrected chi connectivity index (χ0v) is 15.2. The summed E-state index contributed by atoms with van der Waals surface area (Å²) in [5.41, 5.74) is 2.36. The van der Waals surface area contributed by atoms with E-state index in [1.54, 1.807) is 18.2 Å². The molecule has 0 bridgehead atoms. The van der Waals surface area contributed by atoms with E-state index in [0.29, 0.717) is 12.0 Å². The number of hydrogen-bond acceptors (Lipinski definition) is 3. The molecule has 4 nitrogen and oxygen atoms in total. The molecule has 27 heavy (non-hydrogen) atoms. The zero-order valence-electron chi connectivity index (χ0n) is 15.2. The minimum atomic E-state index is -4.55. The molecule has 2 aromatic carbocycles. The van der Waals surface area contributed by atoms with Gasteiger partial charge in [0.2, 0.25) is 5.91 Å². The van der Waals surface area contributed by atoms with Crippen LogP contribution < -0.4 is 10.2 Å². The van der Waals surface area contributed by atoms with Crippen molar-refractivity contribution in [3.05, 3.63) is 42.0 Å². The second-order valence-electron chi connectivity index (χ2n) is 6.68. The lowest BCUT2D eigenvalue weighted by Crippen LogP contribution is -2.43. The molecule has 0 aliphatic carbocycles. The van der Waals surface area contributed by atoms with E-state index in [-0.39, 0.29) is 24.3 Å². The summed E-state index contributed by atoms with van der Waals surface area (Å²) in [5, 5.41) is 2.43. The van der Waals surface area contributed by atoms with E-state index in [0.717, 1.165) is 29.7 Å². The van der Waals surface area contributed by atoms with Gasteiger partial charge >= 0.3 is 6.18 Å². The Morgan fingerprint density at radius 2 is 1.96 bits per heavy atom. The number of halogens is 3. The molecule has 1 saturated heterocycles. The smallest absolute Gasteiger partial charge is 0.410 e. The molecule has 0 aromatic heterocycles. The van der Waals surface area contributed by atoms with Crippen LogP contribution in [0.2, 0.25) is 0 Å². The maximum absolute atomic E-state index is 14.0. The van der Waals surface area contributed by atoms with Crippen LogP contribution in [-0.2, 0) is 4.79 Å². The Labute approximate surface area is 156 Å². The molecule has 1 N–H and O–H groups in total. The number of carbonyl (C=O) groups excluding carboxylic acids is 1. The molecule has 146 valence electrons. The first-order valence-corrected chi connectivity index (χ1v) is 9.19. The second-order valence-corrected chi connectivity index (χ2v) is 6.68. The summed E-state index contributed by atoms with van der Waals surface area (Å²) in [7, 11) is 0. The molecule has 1 aliphatic heterocycles. The van der Waals surface area contributed by atoms with Crippen LogP contribution in [0.25, 0.3) is 10.8 Å². The molecule has 0 saturated carbocycles. The second kappa shape index (κ2) is 8.17. The number of unbranched alkanes of at least 4 members (excludes halogenated alkanes) is 2. The van der Waals surface area contributed by atoms with Crippen LogP contribution in [0.1, 0.15) is 44.2 Å². The molecule has 1 amide bonds. The Morgan fingerprint density at radius 3 is 2.63 bits per heavy atom. The van der Waals surface area contributed by atoms with Gasteiger partial charge in [0.25, 0.3) is 0 Å². The van der Waals surface area contributed by atoms with Crippen molar-refractivity contribution < 1.29 is 22.7 Å². The highest BCUT2D eigenvalue weighted by Gasteiger charge is 2.48. The van der Waals surface area contributed by atoms with E-state index in [1.165, 1.54) is 6.07 Å². The Balaban J connectivity index is 2.05. The lowest BCUT2D eigenvalue weighted by molar-refractivity contribution is -0.191. The van der Waals surface area contributed by atoms with Gasteiger partial charge in [-0.1, -0.05) is 56.2 Å². The fraction of sp³-hybridized carbons (Fsp3) is 0.450. The first kappa shape index (κ1) is 19.5. The van der Waals surface area contributed by atoms with Gasteiger partial charge in [0.15, 0.2) is 6.04 Å². The van der Waals surface area contributed by atoms with Gasteiger partial charge in [-0.3, -0.25) is 10.2 Å². The minimum absolute atomic E-state index is 0.00507. The van der Waals surface area contributed by atoms with Gasteiger partial charge in [-0.15, -0.1) is 0 Å². The number of nitrogens with zero attached hydrogens (tertiary/aromatic N) is 1. The van der Waals surface area contributed by atoms with Crippen LogP contribution in [0, 0.1) is 0 Å². The lowest BCUT2D eigenvalue weighted by Gasteiger charge is -2.31. The molecule has 0 spiro atoms. The SMILES string of the molecule is CCCCCOc1c([C@H](N2CCC(=O)N2)C(F)(F)F)ccc2ccccc12. The van der Waals surface area contributed by atoms with E-state index in [4.69, 9.17) is 4.74 Å². The monoisotopic (exact) mass is 380 g/mol. The van der Waals surface area contributed by atoms with E-state index in [9.17, 15) is 18.0 Å². The van der Waals surface area contributed by atoms with Crippen molar-refractivity contribution in [2.24, 2.45) is 0 Å². The summed E-state index contributed by atoms with van der Waals surface area (Å²) in [4.78, 5) is 11.5. The average Bonchev–Trinajstić information content (AvgIpc) is 3.04. The van der Waals surface area contributed by atoms with Crippen molar-refractivity contribution in [3.8, 4) is 5.75 Å². The number of benzene rings is 2. The highest BCUT2D eigenvalue weighted by Crippen LogP contribution is 2.44. The zero-order chi connectivity index (χ0) is 19.4.